The Hall–Kier alpha value is -3.55. The first-order valence-electron chi connectivity index (χ1n) is 12.4. The molecule has 1 aliphatic carbocycles. The molecule has 1 N–H and O–H groups in total. The van der Waals surface area contributed by atoms with Crippen molar-refractivity contribution in [2.75, 3.05) is 7.11 Å². The summed E-state index contributed by atoms with van der Waals surface area (Å²) in [5, 5.41) is 7.90. The Labute approximate surface area is 205 Å². The number of carbonyl (C=O) groups is 2. The van der Waals surface area contributed by atoms with Crippen molar-refractivity contribution in [2.45, 2.75) is 70.1 Å². The number of hydrogen-bond acceptors (Lipinski definition) is 5. The van der Waals surface area contributed by atoms with Gasteiger partial charge in [0.25, 0.3) is 5.91 Å². The van der Waals surface area contributed by atoms with Crippen LogP contribution in [0, 0.1) is 0 Å². The number of furan rings is 1. The van der Waals surface area contributed by atoms with Crippen LogP contribution < -0.4 is 10.1 Å². The topological polar surface area (TPSA) is 89.6 Å². The van der Waals surface area contributed by atoms with Crippen molar-refractivity contribution in [2.24, 2.45) is 0 Å². The summed E-state index contributed by atoms with van der Waals surface area (Å²) in [6.45, 7) is 2.34. The number of rotatable bonds is 6. The number of benzene rings is 1. The van der Waals surface area contributed by atoms with Gasteiger partial charge in [0.15, 0.2) is 5.76 Å². The molecular formula is C27H32N4O4. The second-order valence-corrected chi connectivity index (χ2v) is 9.69. The van der Waals surface area contributed by atoms with Gasteiger partial charge in [-0.15, -0.1) is 0 Å². The first-order chi connectivity index (χ1) is 17.0. The van der Waals surface area contributed by atoms with Crippen LogP contribution in [0.4, 0.5) is 0 Å². The van der Waals surface area contributed by atoms with E-state index in [9.17, 15) is 9.59 Å². The fourth-order valence-corrected chi connectivity index (χ4v) is 5.20. The number of nitrogens with zero attached hydrogens (tertiary/aromatic N) is 3. The second-order valence-electron chi connectivity index (χ2n) is 9.69. The molecule has 1 atom stereocenters. The molecule has 1 aliphatic heterocycles. The number of methoxy groups -OCH3 is 1. The molecule has 0 unspecified atom stereocenters. The summed E-state index contributed by atoms with van der Waals surface area (Å²) >= 11 is 0. The van der Waals surface area contributed by atoms with Crippen LogP contribution in [0.5, 0.6) is 5.75 Å². The van der Waals surface area contributed by atoms with Crippen LogP contribution in [0.1, 0.15) is 61.5 Å². The van der Waals surface area contributed by atoms with Gasteiger partial charge < -0.3 is 19.4 Å². The summed E-state index contributed by atoms with van der Waals surface area (Å²) in [4.78, 5) is 29.4. The molecule has 8 nitrogen and oxygen atoms in total. The second kappa shape index (κ2) is 9.60. The Morgan fingerprint density at radius 1 is 1.17 bits per heavy atom. The SMILES string of the molecule is COc1ccccc1CN1C(=O)c2cc(-c3ccco3)nn2C[C@@]1(C)C(=O)NC1CCCCCC1. The number of amides is 2. The lowest BCUT2D eigenvalue weighted by molar-refractivity contribution is -0.134. The van der Waals surface area contributed by atoms with E-state index >= 15 is 0 Å². The average molecular weight is 477 g/mol. The molecule has 0 bridgehead atoms. The van der Waals surface area contributed by atoms with Gasteiger partial charge in [0.1, 0.15) is 22.7 Å². The Bertz CT molecular complexity index is 1190. The summed E-state index contributed by atoms with van der Waals surface area (Å²) in [7, 11) is 1.61. The van der Waals surface area contributed by atoms with E-state index in [-0.39, 0.29) is 30.9 Å². The molecule has 0 radical (unpaired) electrons. The van der Waals surface area contributed by atoms with Crippen molar-refractivity contribution in [3.05, 3.63) is 60.0 Å². The Balaban J connectivity index is 1.51. The van der Waals surface area contributed by atoms with Crippen molar-refractivity contribution in [3.63, 3.8) is 0 Å². The highest BCUT2D eigenvalue weighted by Gasteiger charge is 2.48. The smallest absolute Gasteiger partial charge is 0.273 e. The monoisotopic (exact) mass is 476 g/mol. The number of carbonyl (C=O) groups excluding carboxylic acids is 2. The molecule has 1 saturated carbocycles. The summed E-state index contributed by atoms with van der Waals surface area (Å²) in [5.74, 6) is 0.877. The van der Waals surface area contributed by atoms with E-state index in [1.165, 1.54) is 12.8 Å². The summed E-state index contributed by atoms with van der Waals surface area (Å²) in [5.41, 5.74) is 0.732. The summed E-state index contributed by atoms with van der Waals surface area (Å²) < 4.78 is 12.7. The van der Waals surface area contributed by atoms with Crippen LogP contribution in [0.15, 0.2) is 53.1 Å². The number of nitrogens with one attached hydrogen (secondary N) is 1. The van der Waals surface area contributed by atoms with E-state index in [0.29, 0.717) is 22.9 Å². The van der Waals surface area contributed by atoms with Crippen LogP contribution in [0.25, 0.3) is 11.5 Å². The van der Waals surface area contributed by atoms with Gasteiger partial charge in [-0.1, -0.05) is 43.9 Å². The zero-order valence-electron chi connectivity index (χ0n) is 20.3. The predicted molar refractivity (Wildman–Crippen MR) is 131 cm³/mol. The van der Waals surface area contributed by atoms with E-state index < -0.39 is 5.54 Å². The van der Waals surface area contributed by atoms with Gasteiger partial charge in [-0.05, 0) is 38.0 Å². The number of para-hydroxylation sites is 1. The molecule has 5 rings (SSSR count). The largest absolute Gasteiger partial charge is 0.496 e. The molecule has 2 aliphatic rings. The minimum Gasteiger partial charge on any atom is -0.496 e. The van der Waals surface area contributed by atoms with Crippen molar-refractivity contribution < 1.29 is 18.7 Å². The number of aromatic nitrogens is 2. The summed E-state index contributed by atoms with van der Waals surface area (Å²) in [6.07, 6.45) is 8.15. The molecule has 1 fully saturated rings. The molecule has 0 spiro atoms. The fraction of sp³-hybridized carbons (Fsp3) is 0.444. The third kappa shape index (κ3) is 4.45. The fourth-order valence-electron chi connectivity index (χ4n) is 5.20. The normalized spacial score (nSPS) is 20.9. The number of hydrogen-bond donors (Lipinski definition) is 1. The van der Waals surface area contributed by atoms with E-state index in [4.69, 9.17) is 9.15 Å². The van der Waals surface area contributed by atoms with Crippen molar-refractivity contribution in [1.29, 1.82) is 0 Å². The van der Waals surface area contributed by atoms with E-state index in [2.05, 4.69) is 10.4 Å². The predicted octanol–water partition coefficient (Wildman–Crippen LogP) is 4.41. The molecule has 1 aromatic carbocycles. The number of fused-ring (bicyclic) bond motifs is 1. The van der Waals surface area contributed by atoms with Gasteiger partial charge in [0.2, 0.25) is 5.91 Å². The van der Waals surface area contributed by atoms with Crippen molar-refractivity contribution in [3.8, 4) is 17.2 Å². The summed E-state index contributed by atoms with van der Waals surface area (Å²) in [6, 6.07) is 13.1. The molecule has 3 heterocycles. The first-order valence-corrected chi connectivity index (χ1v) is 12.4. The maximum atomic E-state index is 13.9. The third-order valence-corrected chi connectivity index (χ3v) is 7.27. The molecule has 2 aromatic heterocycles. The lowest BCUT2D eigenvalue weighted by atomic mass is 9.93. The Kier molecular flexibility index (Phi) is 6.36. The third-order valence-electron chi connectivity index (χ3n) is 7.27. The lowest BCUT2D eigenvalue weighted by Crippen LogP contribution is -2.64. The van der Waals surface area contributed by atoms with Gasteiger partial charge in [0, 0.05) is 17.7 Å². The number of ether oxygens (including phenoxy) is 1. The van der Waals surface area contributed by atoms with Crippen LogP contribution >= 0.6 is 0 Å². The van der Waals surface area contributed by atoms with E-state index in [1.807, 2.05) is 37.3 Å². The first kappa shape index (κ1) is 23.2. The molecule has 3 aromatic rings. The van der Waals surface area contributed by atoms with Gasteiger partial charge in [-0.2, -0.15) is 5.10 Å². The Morgan fingerprint density at radius 2 is 1.94 bits per heavy atom. The van der Waals surface area contributed by atoms with E-state index in [0.717, 1.165) is 31.2 Å². The van der Waals surface area contributed by atoms with Crippen LogP contribution in [0.3, 0.4) is 0 Å². The molecular weight excluding hydrogens is 444 g/mol. The van der Waals surface area contributed by atoms with Gasteiger partial charge >= 0.3 is 0 Å². The van der Waals surface area contributed by atoms with Gasteiger partial charge in [-0.25, -0.2) is 0 Å². The molecule has 2 amide bonds. The van der Waals surface area contributed by atoms with Crippen LogP contribution in [0.2, 0.25) is 0 Å². The van der Waals surface area contributed by atoms with Crippen LogP contribution in [-0.2, 0) is 17.9 Å². The quantitative estimate of drug-likeness (QED) is 0.533. The molecule has 184 valence electrons. The standard InChI is InChI=1S/C27H32N4O4/c1-27(26(33)28-20-11-5-3-4-6-12-20)18-31-22(16-21(29-31)24-14-9-15-35-24)25(32)30(27)17-19-10-7-8-13-23(19)34-2/h7-10,13-16,20H,3-6,11-12,17-18H2,1-2H3,(H,28,33)/t27-/m0/s1. The highest BCUT2D eigenvalue weighted by molar-refractivity contribution is 6.00. The van der Waals surface area contributed by atoms with E-state index in [1.54, 1.807) is 35.1 Å². The average Bonchev–Trinajstić information content (AvgIpc) is 3.47. The highest BCUT2D eigenvalue weighted by Crippen LogP contribution is 2.33. The van der Waals surface area contributed by atoms with Gasteiger partial charge in [0.05, 0.1) is 26.5 Å². The molecule has 0 saturated heterocycles. The lowest BCUT2D eigenvalue weighted by Gasteiger charge is -2.44. The molecule has 35 heavy (non-hydrogen) atoms. The zero-order valence-corrected chi connectivity index (χ0v) is 20.3. The zero-order chi connectivity index (χ0) is 24.4. The Morgan fingerprint density at radius 3 is 2.66 bits per heavy atom. The van der Waals surface area contributed by atoms with Crippen molar-refractivity contribution >= 4 is 11.8 Å². The maximum Gasteiger partial charge on any atom is 0.273 e. The minimum atomic E-state index is -1.12. The van der Waals surface area contributed by atoms with Gasteiger partial charge in [-0.3, -0.25) is 14.3 Å². The highest BCUT2D eigenvalue weighted by atomic mass is 16.5. The minimum absolute atomic E-state index is 0.128. The van der Waals surface area contributed by atoms with Crippen molar-refractivity contribution in [1.82, 2.24) is 20.0 Å². The maximum absolute atomic E-state index is 13.9. The van der Waals surface area contributed by atoms with Crippen LogP contribution in [-0.4, -0.2) is 45.2 Å². The molecule has 8 heteroatoms.